The van der Waals surface area contributed by atoms with E-state index in [2.05, 4.69) is 13.8 Å². The predicted molar refractivity (Wildman–Crippen MR) is 69.7 cm³/mol. The van der Waals surface area contributed by atoms with Gasteiger partial charge in [0.05, 0.1) is 12.2 Å². The van der Waals surface area contributed by atoms with Crippen LogP contribution >= 0.6 is 0 Å². The molecule has 0 radical (unpaired) electrons. The maximum Gasteiger partial charge on any atom is 0.0547 e. The van der Waals surface area contributed by atoms with E-state index in [9.17, 15) is 0 Å². The molecule has 0 aliphatic heterocycles. The monoisotopic (exact) mass is 230 g/mol. The molecule has 0 aromatic heterocycles. The van der Waals surface area contributed by atoms with E-state index < -0.39 is 0 Å². The highest BCUT2D eigenvalue weighted by Crippen LogP contribution is 2.09. The van der Waals surface area contributed by atoms with E-state index in [0.717, 1.165) is 25.9 Å². The van der Waals surface area contributed by atoms with E-state index in [0.29, 0.717) is 6.10 Å². The van der Waals surface area contributed by atoms with Crippen LogP contribution in [0.4, 0.5) is 0 Å². The van der Waals surface area contributed by atoms with Crippen LogP contribution in [0.25, 0.3) is 0 Å². The fourth-order valence-electron chi connectivity index (χ4n) is 1.77. The van der Waals surface area contributed by atoms with Gasteiger partial charge in [0, 0.05) is 6.61 Å². The molecule has 0 aliphatic carbocycles. The molecular weight excluding hydrogens is 200 g/mol. The standard InChI is InChI=1S/C14H30O2/c1-4-5-6-7-11-14(3)16-12-9-8-10-13(2)15/h13-15H,4-12H2,1-3H3. The molecule has 0 saturated carbocycles. The van der Waals surface area contributed by atoms with Gasteiger partial charge in [0.25, 0.3) is 0 Å². The number of unbranched alkanes of at least 4 members (excludes halogenated alkanes) is 4. The van der Waals surface area contributed by atoms with E-state index >= 15 is 0 Å². The van der Waals surface area contributed by atoms with Crippen molar-refractivity contribution in [3.63, 3.8) is 0 Å². The summed E-state index contributed by atoms with van der Waals surface area (Å²) in [6.45, 7) is 7.10. The Morgan fingerprint density at radius 1 is 0.938 bits per heavy atom. The number of aliphatic hydroxyl groups excluding tert-OH is 1. The van der Waals surface area contributed by atoms with Gasteiger partial charge >= 0.3 is 0 Å². The van der Waals surface area contributed by atoms with Crippen LogP contribution in [0.5, 0.6) is 0 Å². The highest BCUT2D eigenvalue weighted by molar-refractivity contribution is 4.53. The largest absolute Gasteiger partial charge is 0.393 e. The van der Waals surface area contributed by atoms with Crippen molar-refractivity contribution in [3.05, 3.63) is 0 Å². The topological polar surface area (TPSA) is 29.5 Å². The third-order valence-electron chi connectivity index (χ3n) is 2.88. The zero-order valence-electron chi connectivity index (χ0n) is 11.4. The first-order valence-electron chi connectivity index (χ1n) is 6.96. The minimum absolute atomic E-state index is 0.161. The lowest BCUT2D eigenvalue weighted by molar-refractivity contribution is 0.0540. The van der Waals surface area contributed by atoms with Crippen LogP contribution in [0.2, 0.25) is 0 Å². The Balaban J connectivity index is 3.14. The molecule has 0 heterocycles. The number of ether oxygens (including phenoxy) is 1. The lowest BCUT2D eigenvalue weighted by atomic mass is 10.1. The van der Waals surface area contributed by atoms with E-state index in [1.54, 1.807) is 0 Å². The summed E-state index contributed by atoms with van der Waals surface area (Å²) in [6.07, 6.45) is 9.76. The van der Waals surface area contributed by atoms with E-state index in [-0.39, 0.29) is 6.10 Å². The summed E-state index contributed by atoms with van der Waals surface area (Å²) in [6, 6.07) is 0. The van der Waals surface area contributed by atoms with Crippen molar-refractivity contribution >= 4 is 0 Å². The van der Waals surface area contributed by atoms with Crippen molar-refractivity contribution in [1.82, 2.24) is 0 Å². The summed E-state index contributed by atoms with van der Waals surface area (Å²) < 4.78 is 5.72. The molecule has 0 spiro atoms. The normalized spacial score (nSPS) is 15.0. The molecule has 0 amide bonds. The molecule has 16 heavy (non-hydrogen) atoms. The SMILES string of the molecule is CCCCCCC(C)OCCCCC(C)O. The van der Waals surface area contributed by atoms with Crippen molar-refractivity contribution in [3.8, 4) is 0 Å². The maximum absolute atomic E-state index is 9.09. The van der Waals surface area contributed by atoms with Gasteiger partial charge in [-0.3, -0.25) is 0 Å². The highest BCUT2D eigenvalue weighted by atomic mass is 16.5. The van der Waals surface area contributed by atoms with Gasteiger partial charge in [-0.05, 0) is 39.5 Å². The molecule has 0 aromatic carbocycles. The van der Waals surface area contributed by atoms with Crippen LogP contribution in [0.3, 0.4) is 0 Å². The van der Waals surface area contributed by atoms with Crippen LogP contribution < -0.4 is 0 Å². The number of rotatable bonds is 11. The average molecular weight is 230 g/mol. The Kier molecular flexibility index (Phi) is 11.3. The molecule has 2 nitrogen and oxygen atoms in total. The van der Waals surface area contributed by atoms with Crippen molar-refractivity contribution in [1.29, 1.82) is 0 Å². The van der Waals surface area contributed by atoms with Gasteiger partial charge in [-0.15, -0.1) is 0 Å². The second kappa shape index (κ2) is 11.4. The van der Waals surface area contributed by atoms with Gasteiger partial charge in [0.1, 0.15) is 0 Å². The molecule has 0 rings (SSSR count). The fraction of sp³-hybridized carbons (Fsp3) is 1.00. The molecular formula is C14H30O2. The van der Waals surface area contributed by atoms with Gasteiger partial charge in [-0.2, -0.15) is 0 Å². The molecule has 0 aromatic rings. The van der Waals surface area contributed by atoms with Crippen LogP contribution in [0, 0.1) is 0 Å². The second-order valence-corrected chi connectivity index (χ2v) is 4.88. The van der Waals surface area contributed by atoms with Crippen LogP contribution in [0.15, 0.2) is 0 Å². The molecule has 0 bridgehead atoms. The first-order chi connectivity index (χ1) is 7.66. The Hall–Kier alpha value is -0.0800. The summed E-state index contributed by atoms with van der Waals surface area (Å²) in [5, 5.41) is 9.09. The second-order valence-electron chi connectivity index (χ2n) is 4.88. The summed E-state index contributed by atoms with van der Waals surface area (Å²) in [5.74, 6) is 0. The first kappa shape index (κ1) is 15.9. The van der Waals surface area contributed by atoms with Crippen LogP contribution in [-0.4, -0.2) is 23.9 Å². The summed E-state index contributed by atoms with van der Waals surface area (Å²) >= 11 is 0. The minimum Gasteiger partial charge on any atom is -0.393 e. The van der Waals surface area contributed by atoms with Crippen LogP contribution in [0.1, 0.15) is 72.1 Å². The minimum atomic E-state index is -0.161. The third-order valence-corrected chi connectivity index (χ3v) is 2.88. The molecule has 98 valence electrons. The molecule has 0 aliphatic rings. The van der Waals surface area contributed by atoms with Crippen molar-refractivity contribution < 1.29 is 9.84 Å². The quantitative estimate of drug-likeness (QED) is 0.545. The molecule has 2 unspecified atom stereocenters. The van der Waals surface area contributed by atoms with Crippen LogP contribution in [-0.2, 0) is 4.74 Å². The average Bonchev–Trinajstić information content (AvgIpc) is 2.23. The zero-order valence-corrected chi connectivity index (χ0v) is 11.4. The first-order valence-corrected chi connectivity index (χ1v) is 6.96. The molecule has 2 atom stereocenters. The smallest absolute Gasteiger partial charge is 0.0547 e. The van der Waals surface area contributed by atoms with Gasteiger partial charge < -0.3 is 9.84 Å². The zero-order chi connectivity index (χ0) is 12.2. The summed E-state index contributed by atoms with van der Waals surface area (Å²) in [4.78, 5) is 0. The summed E-state index contributed by atoms with van der Waals surface area (Å²) in [5.41, 5.74) is 0. The van der Waals surface area contributed by atoms with Gasteiger partial charge in [0.15, 0.2) is 0 Å². The molecule has 0 fully saturated rings. The Morgan fingerprint density at radius 3 is 2.25 bits per heavy atom. The van der Waals surface area contributed by atoms with Gasteiger partial charge in [0.2, 0.25) is 0 Å². The lowest BCUT2D eigenvalue weighted by Gasteiger charge is -2.13. The third kappa shape index (κ3) is 12.0. The Morgan fingerprint density at radius 2 is 1.62 bits per heavy atom. The maximum atomic E-state index is 9.09. The Bertz CT molecular complexity index is 135. The van der Waals surface area contributed by atoms with Crippen molar-refractivity contribution in [2.75, 3.05) is 6.61 Å². The molecule has 0 saturated heterocycles. The van der Waals surface area contributed by atoms with Gasteiger partial charge in [-0.1, -0.05) is 32.6 Å². The molecule has 2 heteroatoms. The van der Waals surface area contributed by atoms with E-state index in [1.807, 2.05) is 6.92 Å². The van der Waals surface area contributed by atoms with Gasteiger partial charge in [-0.25, -0.2) is 0 Å². The number of aliphatic hydroxyl groups is 1. The van der Waals surface area contributed by atoms with E-state index in [4.69, 9.17) is 9.84 Å². The Labute approximate surface area is 101 Å². The van der Waals surface area contributed by atoms with Crippen molar-refractivity contribution in [2.24, 2.45) is 0 Å². The number of hydrogen-bond donors (Lipinski definition) is 1. The summed E-state index contributed by atoms with van der Waals surface area (Å²) in [7, 11) is 0. The predicted octanol–water partition coefficient (Wildman–Crippen LogP) is 3.91. The fourth-order valence-corrected chi connectivity index (χ4v) is 1.77. The lowest BCUT2D eigenvalue weighted by Crippen LogP contribution is -2.09. The number of hydrogen-bond acceptors (Lipinski definition) is 2. The van der Waals surface area contributed by atoms with E-state index in [1.165, 1.54) is 32.1 Å². The van der Waals surface area contributed by atoms with Crippen molar-refractivity contribution in [2.45, 2.75) is 84.3 Å². The molecule has 1 N–H and O–H groups in total. The highest BCUT2D eigenvalue weighted by Gasteiger charge is 2.02.